The van der Waals surface area contributed by atoms with Crippen LogP contribution in [0.4, 0.5) is 9.18 Å². The van der Waals surface area contributed by atoms with E-state index in [1.54, 1.807) is 39.0 Å². The van der Waals surface area contributed by atoms with Crippen molar-refractivity contribution in [2.75, 3.05) is 0 Å². The minimum atomic E-state index is -0.720. The summed E-state index contributed by atoms with van der Waals surface area (Å²) in [7, 11) is 0. The Kier molecular flexibility index (Phi) is 7.04. The third kappa shape index (κ3) is 5.86. The molecule has 0 amide bonds. The predicted molar refractivity (Wildman–Crippen MR) is 136 cm³/mol. The third-order valence-electron chi connectivity index (χ3n) is 5.19. The van der Waals surface area contributed by atoms with Crippen molar-refractivity contribution in [2.45, 2.75) is 39.9 Å². The van der Waals surface area contributed by atoms with Gasteiger partial charge in [-0.2, -0.15) is 0 Å². The van der Waals surface area contributed by atoms with Crippen LogP contribution >= 0.6 is 11.6 Å². The number of rotatable bonds is 5. The van der Waals surface area contributed by atoms with Crippen LogP contribution in [0.1, 0.15) is 33.4 Å². The van der Waals surface area contributed by atoms with Gasteiger partial charge in [-0.1, -0.05) is 35.9 Å². The topological polar surface area (TPSA) is 66.8 Å². The number of carbonyl (C=O) groups excluding carboxylic acids is 2. The first kappa shape index (κ1) is 25.3. The fourth-order valence-corrected chi connectivity index (χ4v) is 3.83. The van der Waals surface area contributed by atoms with Gasteiger partial charge in [0.15, 0.2) is 0 Å². The quantitative estimate of drug-likeness (QED) is 0.207. The standard InChI is InChI=1S/C28H25ClFNO5/c1-17(32)35-23-11-7-19(8-12-23)18-5-9-22(10-6-18)34-16-21-13-20-14-25(30)24(29)15-26(20)31(21)27(33)36-28(2,3)4/h5-15H,16H2,1-4H3. The molecule has 0 saturated heterocycles. The number of aromatic nitrogens is 1. The second-order valence-electron chi connectivity index (χ2n) is 9.21. The minimum absolute atomic E-state index is 0.0452. The van der Waals surface area contributed by atoms with Gasteiger partial charge in [-0.25, -0.2) is 13.8 Å². The molecule has 0 unspecified atom stereocenters. The van der Waals surface area contributed by atoms with Crippen molar-refractivity contribution in [3.8, 4) is 22.6 Å². The van der Waals surface area contributed by atoms with E-state index in [2.05, 4.69) is 0 Å². The second kappa shape index (κ2) is 10.0. The number of hydrogen-bond acceptors (Lipinski definition) is 5. The summed E-state index contributed by atoms with van der Waals surface area (Å²) < 4.78 is 32.0. The Labute approximate surface area is 213 Å². The van der Waals surface area contributed by atoms with E-state index < -0.39 is 17.5 Å². The highest BCUT2D eigenvalue weighted by atomic mass is 35.5. The first-order valence-electron chi connectivity index (χ1n) is 11.2. The molecule has 0 spiro atoms. The predicted octanol–water partition coefficient (Wildman–Crippen LogP) is 7.39. The summed E-state index contributed by atoms with van der Waals surface area (Å²) in [5, 5.41) is 0.420. The molecule has 0 fully saturated rings. The molecule has 0 aliphatic rings. The van der Waals surface area contributed by atoms with Gasteiger partial charge in [0.2, 0.25) is 0 Å². The molecule has 4 aromatic rings. The number of hydrogen-bond donors (Lipinski definition) is 0. The zero-order chi connectivity index (χ0) is 26.0. The molecule has 0 bridgehead atoms. The van der Waals surface area contributed by atoms with Crippen LogP contribution < -0.4 is 9.47 Å². The lowest BCUT2D eigenvalue weighted by molar-refractivity contribution is -0.131. The van der Waals surface area contributed by atoms with E-state index in [1.807, 2.05) is 36.4 Å². The van der Waals surface area contributed by atoms with Crippen LogP contribution in [0.3, 0.4) is 0 Å². The van der Waals surface area contributed by atoms with E-state index in [-0.39, 0.29) is 17.6 Å². The molecule has 186 valence electrons. The molecular weight excluding hydrogens is 485 g/mol. The van der Waals surface area contributed by atoms with E-state index in [1.165, 1.54) is 23.6 Å². The van der Waals surface area contributed by atoms with Crippen molar-refractivity contribution in [2.24, 2.45) is 0 Å². The lowest BCUT2D eigenvalue weighted by Crippen LogP contribution is -2.28. The summed E-state index contributed by atoms with van der Waals surface area (Å²) in [6.07, 6.45) is -0.605. The summed E-state index contributed by atoms with van der Waals surface area (Å²) in [6, 6.07) is 19.0. The zero-order valence-corrected chi connectivity index (χ0v) is 21.1. The molecule has 1 aromatic heterocycles. The second-order valence-corrected chi connectivity index (χ2v) is 9.61. The molecule has 0 aliphatic heterocycles. The zero-order valence-electron chi connectivity index (χ0n) is 20.3. The average molecular weight is 510 g/mol. The first-order valence-corrected chi connectivity index (χ1v) is 11.6. The lowest BCUT2D eigenvalue weighted by Gasteiger charge is -2.21. The average Bonchev–Trinajstić information content (AvgIpc) is 3.14. The Bertz CT molecular complexity index is 1420. The molecule has 0 atom stereocenters. The fourth-order valence-electron chi connectivity index (χ4n) is 3.67. The third-order valence-corrected chi connectivity index (χ3v) is 5.48. The van der Waals surface area contributed by atoms with Crippen molar-refractivity contribution in [3.05, 3.63) is 83.3 Å². The fraction of sp³-hybridized carbons (Fsp3) is 0.214. The van der Waals surface area contributed by atoms with Crippen LogP contribution in [0.5, 0.6) is 11.5 Å². The van der Waals surface area contributed by atoms with Gasteiger partial charge in [0.05, 0.1) is 16.2 Å². The molecule has 36 heavy (non-hydrogen) atoms. The highest BCUT2D eigenvalue weighted by Crippen LogP contribution is 2.29. The van der Waals surface area contributed by atoms with Gasteiger partial charge in [0, 0.05) is 12.3 Å². The summed E-state index contributed by atoms with van der Waals surface area (Å²) in [6.45, 7) is 6.71. The summed E-state index contributed by atoms with van der Waals surface area (Å²) >= 11 is 5.98. The van der Waals surface area contributed by atoms with Gasteiger partial charge in [0.1, 0.15) is 29.5 Å². The molecule has 6 nitrogen and oxygen atoms in total. The monoisotopic (exact) mass is 509 g/mol. The van der Waals surface area contributed by atoms with Crippen LogP contribution in [0.15, 0.2) is 66.7 Å². The minimum Gasteiger partial charge on any atom is -0.487 e. The van der Waals surface area contributed by atoms with Crippen molar-refractivity contribution in [3.63, 3.8) is 0 Å². The summed E-state index contributed by atoms with van der Waals surface area (Å²) in [4.78, 5) is 24.1. The smallest absolute Gasteiger partial charge is 0.419 e. The summed E-state index contributed by atoms with van der Waals surface area (Å²) in [5.74, 6) is 0.117. The Morgan fingerprint density at radius 3 is 2.06 bits per heavy atom. The number of carbonyl (C=O) groups is 2. The number of halogens is 2. The van der Waals surface area contributed by atoms with Crippen molar-refractivity contribution in [1.82, 2.24) is 4.57 Å². The van der Waals surface area contributed by atoms with Crippen LogP contribution in [0, 0.1) is 5.82 Å². The van der Waals surface area contributed by atoms with E-state index in [0.717, 1.165) is 11.1 Å². The Hall–Kier alpha value is -3.84. The summed E-state index contributed by atoms with van der Waals surface area (Å²) in [5.41, 5.74) is 2.10. The number of esters is 1. The van der Waals surface area contributed by atoms with Gasteiger partial charge < -0.3 is 14.2 Å². The molecule has 8 heteroatoms. The van der Waals surface area contributed by atoms with Crippen molar-refractivity contribution >= 4 is 34.6 Å². The molecule has 0 N–H and O–H groups in total. The largest absolute Gasteiger partial charge is 0.487 e. The van der Waals surface area contributed by atoms with Crippen molar-refractivity contribution in [1.29, 1.82) is 0 Å². The van der Waals surface area contributed by atoms with E-state index in [9.17, 15) is 14.0 Å². The maximum absolute atomic E-state index is 14.1. The highest BCUT2D eigenvalue weighted by Gasteiger charge is 2.23. The lowest BCUT2D eigenvalue weighted by atomic mass is 10.1. The van der Waals surface area contributed by atoms with Crippen molar-refractivity contribution < 1.29 is 28.2 Å². The maximum Gasteiger partial charge on any atom is 0.419 e. The molecule has 4 rings (SSSR count). The maximum atomic E-state index is 14.1. The molecule has 0 aliphatic carbocycles. The van der Waals surface area contributed by atoms with Crippen LogP contribution in [0.25, 0.3) is 22.0 Å². The van der Waals surface area contributed by atoms with Gasteiger partial charge in [0.25, 0.3) is 0 Å². The van der Waals surface area contributed by atoms with Crippen LogP contribution in [-0.2, 0) is 16.1 Å². The highest BCUT2D eigenvalue weighted by molar-refractivity contribution is 6.31. The van der Waals surface area contributed by atoms with Gasteiger partial charge in [-0.15, -0.1) is 0 Å². The number of fused-ring (bicyclic) bond motifs is 1. The first-order chi connectivity index (χ1) is 17.0. The van der Waals surface area contributed by atoms with Gasteiger partial charge in [-0.3, -0.25) is 4.79 Å². The number of ether oxygens (including phenoxy) is 3. The Morgan fingerprint density at radius 1 is 0.917 bits per heavy atom. The Morgan fingerprint density at radius 2 is 1.50 bits per heavy atom. The van der Waals surface area contributed by atoms with Gasteiger partial charge in [-0.05, 0) is 74.4 Å². The van der Waals surface area contributed by atoms with E-state index in [4.69, 9.17) is 25.8 Å². The number of benzene rings is 3. The molecular formula is C28H25ClFNO5. The van der Waals surface area contributed by atoms with Crippen LogP contribution in [-0.4, -0.2) is 22.2 Å². The van der Waals surface area contributed by atoms with E-state index >= 15 is 0 Å². The normalized spacial score (nSPS) is 11.4. The van der Waals surface area contributed by atoms with Gasteiger partial charge >= 0.3 is 12.1 Å². The molecule has 1 heterocycles. The molecule has 3 aromatic carbocycles. The van der Waals surface area contributed by atoms with Crippen LogP contribution in [0.2, 0.25) is 5.02 Å². The molecule has 0 saturated carbocycles. The Balaban J connectivity index is 1.55. The van der Waals surface area contributed by atoms with E-state index in [0.29, 0.717) is 28.1 Å². The molecule has 0 radical (unpaired) electrons. The number of nitrogens with zero attached hydrogens (tertiary/aromatic N) is 1. The SMILES string of the molecule is CC(=O)Oc1ccc(-c2ccc(OCc3cc4cc(F)c(Cl)cc4n3C(=O)OC(C)(C)C)cc2)cc1.